The number of nitrogens with one attached hydrogen (secondary N) is 2. The minimum atomic E-state index is -0.491. The molecule has 2 aromatic carbocycles. The molecule has 156 valence electrons. The second-order valence-electron chi connectivity index (χ2n) is 8.45. The van der Waals surface area contributed by atoms with Gasteiger partial charge in [0.15, 0.2) is 0 Å². The first kappa shape index (κ1) is 20.7. The predicted molar refractivity (Wildman–Crippen MR) is 122 cm³/mol. The van der Waals surface area contributed by atoms with Crippen molar-refractivity contribution in [2.24, 2.45) is 0 Å². The maximum Gasteiger partial charge on any atom is 0.251 e. The third-order valence-electron chi connectivity index (χ3n) is 6.50. The van der Waals surface area contributed by atoms with E-state index in [0.29, 0.717) is 23.6 Å². The van der Waals surface area contributed by atoms with Crippen LogP contribution in [-0.2, 0) is 16.6 Å². The molecule has 1 saturated carbocycles. The summed E-state index contributed by atoms with van der Waals surface area (Å²) < 4.78 is 0. The lowest BCUT2D eigenvalue weighted by molar-refractivity contribution is -0.126. The number of fused-ring (bicyclic) bond motifs is 1. The van der Waals surface area contributed by atoms with Crippen LogP contribution in [0.2, 0.25) is 5.02 Å². The van der Waals surface area contributed by atoms with Gasteiger partial charge in [0.25, 0.3) is 5.56 Å². The van der Waals surface area contributed by atoms with Crippen LogP contribution in [-0.4, -0.2) is 17.4 Å². The SMILES string of the molecule is Cc1cc2cc(CCNC(=O)C3(c4ccc(Cl)cc4)CCCC3)c(=O)[nH]c2cc1C. The normalized spacial score (nSPS) is 15.4. The third kappa shape index (κ3) is 3.89. The van der Waals surface area contributed by atoms with Crippen LogP contribution in [0.3, 0.4) is 0 Å². The Kier molecular flexibility index (Phi) is 5.70. The van der Waals surface area contributed by atoms with Gasteiger partial charge in [0.05, 0.1) is 5.41 Å². The average molecular weight is 423 g/mol. The number of hydrogen-bond donors (Lipinski definition) is 2. The van der Waals surface area contributed by atoms with E-state index in [4.69, 9.17) is 11.6 Å². The molecule has 0 saturated heterocycles. The molecule has 2 N–H and O–H groups in total. The van der Waals surface area contributed by atoms with E-state index in [1.54, 1.807) is 0 Å². The molecule has 1 heterocycles. The van der Waals surface area contributed by atoms with Crippen molar-refractivity contribution in [1.29, 1.82) is 0 Å². The molecule has 1 aliphatic carbocycles. The predicted octanol–water partition coefficient (Wildman–Crippen LogP) is 4.97. The first-order chi connectivity index (χ1) is 14.4. The van der Waals surface area contributed by atoms with Gasteiger partial charge in [0.2, 0.25) is 5.91 Å². The number of halogens is 1. The molecule has 0 unspecified atom stereocenters. The lowest BCUT2D eigenvalue weighted by Gasteiger charge is -2.28. The van der Waals surface area contributed by atoms with E-state index in [-0.39, 0.29) is 11.5 Å². The molecule has 4 rings (SSSR count). The Bertz CT molecular complexity index is 1140. The summed E-state index contributed by atoms with van der Waals surface area (Å²) in [6.07, 6.45) is 4.27. The Labute approximate surface area is 181 Å². The van der Waals surface area contributed by atoms with Crippen LogP contribution in [0.25, 0.3) is 10.9 Å². The molecule has 5 heteroatoms. The number of pyridine rings is 1. The summed E-state index contributed by atoms with van der Waals surface area (Å²) in [6.45, 7) is 4.54. The molecule has 0 spiro atoms. The number of hydrogen-bond acceptors (Lipinski definition) is 2. The number of carbonyl (C=O) groups excluding carboxylic acids is 1. The zero-order valence-electron chi connectivity index (χ0n) is 17.5. The number of carbonyl (C=O) groups is 1. The minimum absolute atomic E-state index is 0.0472. The smallest absolute Gasteiger partial charge is 0.251 e. The molecule has 1 fully saturated rings. The summed E-state index contributed by atoms with van der Waals surface area (Å²) >= 11 is 6.04. The molecule has 0 atom stereocenters. The Morgan fingerprint density at radius 3 is 2.43 bits per heavy atom. The van der Waals surface area contributed by atoms with Crippen LogP contribution in [0.4, 0.5) is 0 Å². The van der Waals surface area contributed by atoms with Gasteiger partial charge < -0.3 is 10.3 Å². The molecular formula is C25H27ClN2O2. The average Bonchev–Trinajstić information content (AvgIpc) is 3.21. The van der Waals surface area contributed by atoms with Crippen molar-refractivity contribution in [3.8, 4) is 0 Å². The van der Waals surface area contributed by atoms with Crippen molar-refractivity contribution < 1.29 is 4.79 Å². The van der Waals surface area contributed by atoms with Gasteiger partial charge in [0, 0.05) is 22.6 Å². The summed E-state index contributed by atoms with van der Waals surface area (Å²) in [7, 11) is 0. The van der Waals surface area contributed by atoms with Gasteiger partial charge in [-0.15, -0.1) is 0 Å². The summed E-state index contributed by atoms with van der Waals surface area (Å²) in [6, 6.07) is 13.7. The first-order valence-corrected chi connectivity index (χ1v) is 10.9. The van der Waals surface area contributed by atoms with E-state index in [1.165, 1.54) is 5.56 Å². The highest BCUT2D eigenvalue weighted by Crippen LogP contribution is 2.41. The number of aryl methyl sites for hydroxylation is 2. The van der Waals surface area contributed by atoms with Crippen LogP contribution in [0.15, 0.2) is 47.3 Å². The fourth-order valence-corrected chi connectivity index (χ4v) is 4.71. The number of rotatable bonds is 5. The lowest BCUT2D eigenvalue weighted by atomic mass is 9.78. The molecule has 1 amide bonds. The van der Waals surface area contributed by atoms with E-state index in [1.807, 2.05) is 43.3 Å². The molecule has 0 bridgehead atoms. The van der Waals surface area contributed by atoms with E-state index < -0.39 is 5.41 Å². The lowest BCUT2D eigenvalue weighted by Crippen LogP contribution is -2.43. The van der Waals surface area contributed by atoms with Crippen LogP contribution in [0.1, 0.15) is 47.9 Å². The van der Waals surface area contributed by atoms with Crippen molar-refractivity contribution in [1.82, 2.24) is 10.3 Å². The van der Waals surface area contributed by atoms with Crippen LogP contribution in [0, 0.1) is 13.8 Å². The molecule has 0 aliphatic heterocycles. The number of benzene rings is 2. The van der Waals surface area contributed by atoms with Crippen LogP contribution < -0.4 is 10.9 Å². The fourth-order valence-electron chi connectivity index (χ4n) is 4.58. The highest BCUT2D eigenvalue weighted by Gasteiger charge is 2.42. The number of amides is 1. The summed E-state index contributed by atoms with van der Waals surface area (Å²) in [5.41, 5.74) is 4.34. The van der Waals surface area contributed by atoms with Crippen LogP contribution >= 0.6 is 11.6 Å². The van der Waals surface area contributed by atoms with Gasteiger partial charge in [-0.2, -0.15) is 0 Å². The molecular weight excluding hydrogens is 396 g/mol. The summed E-state index contributed by atoms with van der Waals surface area (Å²) in [5, 5.41) is 4.79. The van der Waals surface area contributed by atoms with Crippen molar-refractivity contribution >= 4 is 28.4 Å². The van der Waals surface area contributed by atoms with Gasteiger partial charge in [-0.25, -0.2) is 0 Å². The van der Waals surface area contributed by atoms with Gasteiger partial charge in [-0.3, -0.25) is 9.59 Å². The topological polar surface area (TPSA) is 62.0 Å². The number of aromatic amines is 1. The highest BCUT2D eigenvalue weighted by molar-refractivity contribution is 6.30. The van der Waals surface area contributed by atoms with E-state index >= 15 is 0 Å². The second-order valence-corrected chi connectivity index (χ2v) is 8.89. The molecule has 30 heavy (non-hydrogen) atoms. The highest BCUT2D eigenvalue weighted by atomic mass is 35.5. The van der Waals surface area contributed by atoms with Crippen molar-refractivity contribution in [2.45, 2.75) is 51.4 Å². The van der Waals surface area contributed by atoms with E-state index in [2.05, 4.69) is 23.3 Å². The largest absolute Gasteiger partial charge is 0.355 e. The molecule has 4 nitrogen and oxygen atoms in total. The Hall–Kier alpha value is -2.59. The third-order valence-corrected chi connectivity index (χ3v) is 6.76. The van der Waals surface area contributed by atoms with Crippen molar-refractivity contribution in [3.05, 3.63) is 80.1 Å². The maximum atomic E-state index is 13.2. The Balaban J connectivity index is 1.50. The summed E-state index contributed by atoms with van der Waals surface area (Å²) in [4.78, 5) is 28.7. The number of aromatic nitrogens is 1. The Morgan fingerprint density at radius 2 is 1.73 bits per heavy atom. The van der Waals surface area contributed by atoms with Gasteiger partial charge in [0.1, 0.15) is 0 Å². The zero-order valence-corrected chi connectivity index (χ0v) is 18.2. The van der Waals surface area contributed by atoms with Gasteiger partial charge in [-0.1, -0.05) is 36.6 Å². The quantitative estimate of drug-likeness (QED) is 0.609. The Morgan fingerprint density at radius 1 is 1.07 bits per heavy atom. The molecule has 1 aliphatic rings. The maximum absolute atomic E-state index is 13.2. The van der Waals surface area contributed by atoms with Gasteiger partial charge in [-0.05, 0) is 85.5 Å². The molecule has 3 aromatic rings. The van der Waals surface area contributed by atoms with E-state index in [0.717, 1.165) is 47.7 Å². The molecule has 0 radical (unpaired) electrons. The number of H-pyrrole nitrogens is 1. The van der Waals surface area contributed by atoms with E-state index in [9.17, 15) is 9.59 Å². The molecule has 1 aromatic heterocycles. The second kappa shape index (κ2) is 8.27. The van der Waals surface area contributed by atoms with Crippen LogP contribution in [0.5, 0.6) is 0 Å². The summed E-state index contributed by atoms with van der Waals surface area (Å²) in [5.74, 6) is 0.0472. The fraction of sp³-hybridized carbons (Fsp3) is 0.360. The van der Waals surface area contributed by atoms with Crippen molar-refractivity contribution in [2.75, 3.05) is 6.54 Å². The zero-order chi connectivity index (χ0) is 21.3. The monoisotopic (exact) mass is 422 g/mol. The first-order valence-electron chi connectivity index (χ1n) is 10.6. The van der Waals surface area contributed by atoms with Gasteiger partial charge >= 0.3 is 0 Å². The minimum Gasteiger partial charge on any atom is -0.355 e. The standard InChI is InChI=1S/C25H27ClN2O2/c1-16-13-19-15-18(23(29)28-22(19)14-17(16)2)9-12-27-24(30)25(10-3-4-11-25)20-5-7-21(26)8-6-20/h5-8,13-15H,3-4,9-12H2,1-2H3,(H,27,30)(H,28,29). The van der Waals surface area contributed by atoms with Crippen molar-refractivity contribution in [3.63, 3.8) is 0 Å².